The zero-order valence-corrected chi connectivity index (χ0v) is 19.3. The molecule has 1 saturated carbocycles. The molecular weight excluding hydrogens is 456 g/mol. The van der Waals surface area contributed by atoms with Crippen LogP contribution in [0.15, 0.2) is 60.7 Å². The van der Waals surface area contributed by atoms with Crippen molar-refractivity contribution in [1.29, 1.82) is 0 Å². The van der Waals surface area contributed by atoms with Gasteiger partial charge >= 0.3 is 0 Å². The summed E-state index contributed by atoms with van der Waals surface area (Å²) in [5.74, 6) is 0. The molecule has 0 aliphatic heterocycles. The van der Waals surface area contributed by atoms with E-state index in [0.717, 1.165) is 12.8 Å². The quantitative estimate of drug-likeness (QED) is 0.427. The Morgan fingerprint density at radius 3 is 1.56 bits per heavy atom. The summed E-state index contributed by atoms with van der Waals surface area (Å²) in [5.41, 5.74) is 0. The van der Waals surface area contributed by atoms with Gasteiger partial charge in [0.1, 0.15) is 0 Å². The zero-order valence-electron chi connectivity index (χ0n) is 15.1. The van der Waals surface area contributed by atoms with Gasteiger partial charge in [0.05, 0.1) is 0 Å². The third-order valence-electron chi connectivity index (χ3n) is 5.13. The first-order chi connectivity index (χ1) is 11.8. The molecule has 1 unspecified atom stereocenters. The van der Waals surface area contributed by atoms with Gasteiger partial charge < -0.3 is 4.43 Å². The molecule has 1 fully saturated rings. The summed E-state index contributed by atoms with van der Waals surface area (Å²) in [7, 11) is -2.42. The Morgan fingerprint density at radius 2 is 1.20 bits per heavy atom. The smallest absolute Gasteiger partial charge is 0.261 e. The van der Waals surface area contributed by atoms with Crippen molar-refractivity contribution in [3.05, 3.63) is 60.7 Å². The SMILES string of the molecule is CC(C)(C)[Si](OC1C[C@@H](Br)[C@@H](Br)C1)(c1ccccc1)c1ccccc1. The molecule has 0 amide bonds. The molecule has 25 heavy (non-hydrogen) atoms. The Labute approximate surface area is 169 Å². The lowest BCUT2D eigenvalue weighted by molar-refractivity contribution is 0.196. The van der Waals surface area contributed by atoms with Crippen molar-refractivity contribution in [3.8, 4) is 0 Å². The minimum atomic E-state index is -2.42. The van der Waals surface area contributed by atoms with Crippen molar-refractivity contribution in [2.24, 2.45) is 0 Å². The highest BCUT2D eigenvalue weighted by molar-refractivity contribution is 9.12. The highest BCUT2D eigenvalue weighted by Crippen LogP contribution is 2.41. The van der Waals surface area contributed by atoms with Crippen molar-refractivity contribution in [2.45, 2.75) is 54.4 Å². The molecule has 1 nitrogen and oxygen atoms in total. The van der Waals surface area contributed by atoms with E-state index in [1.807, 2.05) is 0 Å². The Balaban J connectivity index is 2.12. The molecule has 2 aromatic carbocycles. The van der Waals surface area contributed by atoms with E-state index in [1.165, 1.54) is 10.4 Å². The fraction of sp³-hybridized carbons (Fsp3) is 0.429. The summed E-state index contributed by atoms with van der Waals surface area (Å²) < 4.78 is 7.16. The monoisotopic (exact) mass is 480 g/mol. The first-order valence-electron chi connectivity index (χ1n) is 8.91. The second kappa shape index (κ2) is 7.67. The van der Waals surface area contributed by atoms with Crippen LogP contribution < -0.4 is 10.4 Å². The van der Waals surface area contributed by atoms with Crippen LogP contribution in [0.4, 0.5) is 0 Å². The van der Waals surface area contributed by atoms with Crippen LogP contribution in [0.5, 0.6) is 0 Å². The minimum Gasteiger partial charge on any atom is -0.404 e. The van der Waals surface area contributed by atoms with Gasteiger partial charge in [-0.2, -0.15) is 0 Å². The molecule has 0 bridgehead atoms. The number of hydrogen-bond acceptors (Lipinski definition) is 1. The van der Waals surface area contributed by atoms with Crippen LogP contribution in [0.25, 0.3) is 0 Å². The highest BCUT2D eigenvalue weighted by atomic mass is 79.9. The largest absolute Gasteiger partial charge is 0.404 e. The average Bonchev–Trinajstić information content (AvgIpc) is 2.91. The van der Waals surface area contributed by atoms with E-state index in [9.17, 15) is 0 Å². The van der Waals surface area contributed by atoms with E-state index < -0.39 is 8.32 Å². The van der Waals surface area contributed by atoms with Crippen molar-refractivity contribution in [1.82, 2.24) is 0 Å². The van der Waals surface area contributed by atoms with Crippen LogP contribution in [0.1, 0.15) is 33.6 Å². The number of hydrogen-bond donors (Lipinski definition) is 0. The van der Waals surface area contributed by atoms with Crippen molar-refractivity contribution < 1.29 is 4.43 Å². The van der Waals surface area contributed by atoms with Gasteiger partial charge in [0.25, 0.3) is 8.32 Å². The lowest BCUT2D eigenvalue weighted by Crippen LogP contribution is -2.67. The molecule has 134 valence electrons. The van der Waals surface area contributed by atoms with Gasteiger partial charge in [0.2, 0.25) is 0 Å². The lowest BCUT2D eigenvalue weighted by atomic mass is 10.2. The summed E-state index contributed by atoms with van der Waals surface area (Å²) in [6.07, 6.45) is 2.39. The Kier molecular flexibility index (Phi) is 5.94. The predicted molar refractivity (Wildman–Crippen MR) is 117 cm³/mol. The molecule has 0 N–H and O–H groups in total. The van der Waals surface area contributed by atoms with E-state index in [1.54, 1.807) is 0 Å². The fourth-order valence-electron chi connectivity index (χ4n) is 3.93. The van der Waals surface area contributed by atoms with E-state index >= 15 is 0 Å². The summed E-state index contributed by atoms with van der Waals surface area (Å²) in [5, 5.41) is 2.76. The Bertz CT molecular complexity index is 635. The van der Waals surface area contributed by atoms with Crippen LogP contribution in [-0.4, -0.2) is 24.1 Å². The second-order valence-corrected chi connectivity index (χ2v) is 14.5. The lowest BCUT2D eigenvalue weighted by Gasteiger charge is -2.44. The topological polar surface area (TPSA) is 9.23 Å². The summed E-state index contributed by atoms with van der Waals surface area (Å²) in [6.45, 7) is 7.02. The highest BCUT2D eigenvalue weighted by Gasteiger charge is 2.52. The molecule has 1 aliphatic rings. The van der Waals surface area contributed by atoms with Crippen LogP contribution >= 0.6 is 31.9 Å². The van der Waals surface area contributed by atoms with Gasteiger partial charge in [0, 0.05) is 15.8 Å². The van der Waals surface area contributed by atoms with Gasteiger partial charge in [-0.1, -0.05) is 113 Å². The first kappa shape index (κ1) is 19.3. The molecule has 4 heteroatoms. The molecule has 0 aromatic heterocycles. The van der Waals surface area contributed by atoms with E-state index in [2.05, 4.69) is 113 Å². The molecule has 0 heterocycles. The molecular formula is C21H26Br2OSi. The van der Waals surface area contributed by atoms with Gasteiger partial charge in [-0.3, -0.25) is 0 Å². The van der Waals surface area contributed by atoms with Gasteiger partial charge in [-0.15, -0.1) is 0 Å². The van der Waals surface area contributed by atoms with E-state index in [-0.39, 0.29) is 11.1 Å². The maximum absolute atomic E-state index is 7.16. The minimum absolute atomic E-state index is 0.0436. The van der Waals surface area contributed by atoms with Crippen LogP contribution in [0.2, 0.25) is 5.04 Å². The summed E-state index contributed by atoms with van der Waals surface area (Å²) >= 11 is 7.61. The molecule has 1 aliphatic carbocycles. The van der Waals surface area contributed by atoms with Crippen molar-refractivity contribution in [2.75, 3.05) is 0 Å². The van der Waals surface area contributed by atoms with E-state index in [4.69, 9.17) is 4.43 Å². The first-order valence-corrected chi connectivity index (χ1v) is 12.7. The predicted octanol–water partition coefficient (Wildman–Crippen LogP) is 5.25. The van der Waals surface area contributed by atoms with Crippen molar-refractivity contribution >= 4 is 50.6 Å². The Morgan fingerprint density at radius 1 is 0.800 bits per heavy atom. The standard InChI is InChI=1S/C21H26Br2OSi/c1-21(2,3)25(17-10-6-4-7-11-17,18-12-8-5-9-13-18)24-16-14-19(22)20(23)15-16/h4-13,16,19-20H,14-15H2,1-3H3/t16?,19-,20+. The molecule has 0 saturated heterocycles. The molecule has 3 rings (SSSR count). The second-order valence-electron chi connectivity index (χ2n) is 7.91. The number of benzene rings is 2. The van der Waals surface area contributed by atoms with Crippen LogP contribution in [0.3, 0.4) is 0 Å². The van der Waals surface area contributed by atoms with E-state index in [0.29, 0.717) is 9.65 Å². The normalized spacial score (nSPS) is 24.4. The van der Waals surface area contributed by atoms with Crippen LogP contribution in [0, 0.1) is 0 Å². The van der Waals surface area contributed by atoms with Crippen LogP contribution in [-0.2, 0) is 4.43 Å². The molecule has 2 aromatic rings. The average molecular weight is 482 g/mol. The zero-order chi connectivity index (χ0) is 18.1. The number of rotatable bonds is 4. The van der Waals surface area contributed by atoms with Gasteiger partial charge in [-0.25, -0.2) is 0 Å². The summed E-state index contributed by atoms with van der Waals surface area (Å²) in [4.78, 5) is 0.964. The third-order valence-corrected chi connectivity index (χ3v) is 13.0. The number of halogens is 2. The summed E-state index contributed by atoms with van der Waals surface area (Å²) in [6, 6.07) is 21.8. The Hall–Kier alpha value is -0.423. The molecule has 3 atom stereocenters. The third kappa shape index (κ3) is 3.82. The van der Waals surface area contributed by atoms with Gasteiger partial charge in [0.15, 0.2) is 0 Å². The van der Waals surface area contributed by atoms with Crippen molar-refractivity contribution in [3.63, 3.8) is 0 Å². The number of alkyl halides is 2. The molecule has 0 spiro atoms. The van der Waals surface area contributed by atoms with Gasteiger partial charge in [-0.05, 0) is 28.3 Å². The fourth-order valence-corrected chi connectivity index (χ4v) is 9.90. The molecule has 0 radical (unpaired) electrons. The maximum Gasteiger partial charge on any atom is 0.261 e. The maximum atomic E-state index is 7.16.